The van der Waals surface area contributed by atoms with Gasteiger partial charge in [-0.25, -0.2) is 14.8 Å². The minimum Gasteiger partial charge on any atom is -0.497 e. The van der Waals surface area contributed by atoms with E-state index < -0.39 is 17.6 Å². The average Bonchev–Trinajstić information content (AvgIpc) is 3.80. The second kappa shape index (κ2) is 13.3. The van der Waals surface area contributed by atoms with Gasteiger partial charge in [-0.05, 0) is 37.6 Å². The summed E-state index contributed by atoms with van der Waals surface area (Å²) >= 11 is 0. The van der Waals surface area contributed by atoms with Gasteiger partial charge in [-0.15, -0.1) is 0 Å². The van der Waals surface area contributed by atoms with Gasteiger partial charge in [-0.2, -0.15) is 10.2 Å². The number of ether oxygens (including phenoxy) is 3. The first-order valence-corrected chi connectivity index (χ1v) is 15.0. The highest BCUT2D eigenvalue weighted by Crippen LogP contribution is 2.38. The number of oxazole rings is 1. The fraction of sp³-hybridized carbons (Fsp3) is 0.235. The Morgan fingerprint density at radius 2 is 1.81 bits per heavy atom. The maximum atomic E-state index is 13.5. The summed E-state index contributed by atoms with van der Waals surface area (Å²) in [5, 5.41) is 22.5. The molecule has 4 aromatic heterocycles. The van der Waals surface area contributed by atoms with E-state index in [1.807, 2.05) is 37.3 Å². The molecule has 4 heterocycles. The number of carboxylic acid groups (broad SMARTS) is 1. The number of aromatic carboxylic acids is 1. The monoisotopic (exact) mass is 651 g/mol. The van der Waals surface area contributed by atoms with E-state index in [4.69, 9.17) is 18.6 Å². The third-order valence-corrected chi connectivity index (χ3v) is 7.76. The van der Waals surface area contributed by atoms with Crippen LogP contribution in [0.2, 0.25) is 0 Å². The van der Waals surface area contributed by atoms with Gasteiger partial charge in [-0.3, -0.25) is 14.2 Å². The summed E-state index contributed by atoms with van der Waals surface area (Å²) in [4.78, 5) is 35.4. The Hall–Kier alpha value is -6.18. The fourth-order valence-corrected chi connectivity index (χ4v) is 5.33. The number of carbonyl (C=O) groups excluding carboxylic acids is 1. The highest BCUT2D eigenvalue weighted by Gasteiger charge is 2.30. The molecule has 2 aromatic carbocycles. The zero-order valence-corrected chi connectivity index (χ0v) is 27.0. The molecule has 0 aliphatic carbocycles. The van der Waals surface area contributed by atoms with Crippen LogP contribution in [-0.4, -0.2) is 60.7 Å². The number of benzene rings is 2. The summed E-state index contributed by atoms with van der Waals surface area (Å²) in [6, 6.07) is 16.5. The summed E-state index contributed by atoms with van der Waals surface area (Å²) in [6.07, 6.45) is 1.54. The standard InChI is InChI=1S/C34H33N7O7/c1-6-41-29(30(19(2)39-41)47-18-20-10-8-7-9-11-20)33-38-28(31(48-33)34(43)44)27-23-17-36-40(3)25(23)15-24(37-27)32(42)35-16-21-12-13-22(45-4)14-26(21)46-5/h7-15,17H,6,16,18H2,1-5H3,(H,35,42)(H,43,44). The number of nitrogens with zero attached hydrogens (tertiary/aromatic N) is 6. The number of nitrogens with one attached hydrogen (secondary N) is 1. The molecular weight excluding hydrogens is 618 g/mol. The summed E-state index contributed by atoms with van der Waals surface area (Å²) < 4.78 is 26.0. The van der Waals surface area contributed by atoms with Gasteiger partial charge in [0.15, 0.2) is 11.4 Å². The number of pyridine rings is 1. The number of methoxy groups -OCH3 is 2. The smallest absolute Gasteiger partial charge is 0.374 e. The lowest BCUT2D eigenvalue weighted by atomic mass is 10.1. The Balaban J connectivity index is 1.40. The molecule has 2 N–H and O–H groups in total. The first-order valence-electron chi connectivity index (χ1n) is 15.0. The highest BCUT2D eigenvalue weighted by molar-refractivity contribution is 6.02. The highest BCUT2D eigenvalue weighted by atomic mass is 16.5. The van der Waals surface area contributed by atoms with Crippen LogP contribution in [0.1, 0.15) is 44.8 Å². The van der Waals surface area contributed by atoms with Gasteiger partial charge < -0.3 is 29.1 Å². The minimum atomic E-state index is -1.37. The van der Waals surface area contributed by atoms with Gasteiger partial charge in [0.05, 0.1) is 25.9 Å². The van der Waals surface area contributed by atoms with E-state index in [1.165, 1.54) is 13.3 Å². The molecule has 0 saturated carbocycles. The zero-order chi connectivity index (χ0) is 33.9. The van der Waals surface area contributed by atoms with Crippen molar-refractivity contribution in [1.82, 2.24) is 34.8 Å². The van der Waals surface area contributed by atoms with Crippen LogP contribution in [0.3, 0.4) is 0 Å². The number of carboxylic acids is 1. The van der Waals surface area contributed by atoms with Gasteiger partial charge >= 0.3 is 5.97 Å². The zero-order valence-electron chi connectivity index (χ0n) is 27.0. The normalized spacial score (nSPS) is 11.1. The molecule has 0 unspecified atom stereocenters. The predicted molar refractivity (Wildman–Crippen MR) is 174 cm³/mol. The number of amides is 1. The molecule has 0 saturated heterocycles. The van der Waals surface area contributed by atoms with Crippen LogP contribution in [0.5, 0.6) is 17.2 Å². The Kier molecular flexibility index (Phi) is 8.79. The van der Waals surface area contributed by atoms with E-state index >= 15 is 0 Å². The van der Waals surface area contributed by atoms with Crippen molar-refractivity contribution in [2.75, 3.05) is 14.2 Å². The molecule has 0 aliphatic rings. The molecule has 14 nitrogen and oxygen atoms in total. The van der Waals surface area contributed by atoms with E-state index in [9.17, 15) is 14.7 Å². The number of rotatable bonds is 12. The molecule has 0 radical (unpaired) electrons. The van der Waals surface area contributed by atoms with Gasteiger partial charge in [0.25, 0.3) is 5.91 Å². The number of aryl methyl sites for hydroxylation is 3. The molecule has 0 atom stereocenters. The van der Waals surface area contributed by atoms with E-state index in [0.717, 1.165) is 11.1 Å². The van der Waals surface area contributed by atoms with Gasteiger partial charge in [-0.1, -0.05) is 30.3 Å². The van der Waals surface area contributed by atoms with Crippen molar-refractivity contribution in [2.45, 2.75) is 33.5 Å². The van der Waals surface area contributed by atoms with E-state index in [-0.39, 0.29) is 36.1 Å². The van der Waals surface area contributed by atoms with Crippen LogP contribution in [0.4, 0.5) is 0 Å². The predicted octanol–water partition coefficient (Wildman–Crippen LogP) is 5.04. The van der Waals surface area contributed by atoms with E-state index in [1.54, 1.807) is 54.7 Å². The largest absolute Gasteiger partial charge is 0.497 e. The number of aromatic nitrogens is 6. The third-order valence-electron chi connectivity index (χ3n) is 7.76. The Morgan fingerprint density at radius 3 is 2.52 bits per heavy atom. The van der Waals surface area contributed by atoms with Crippen LogP contribution in [0.15, 0.2) is 65.2 Å². The lowest BCUT2D eigenvalue weighted by Crippen LogP contribution is -2.24. The maximum Gasteiger partial charge on any atom is 0.374 e. The van der Waals surface area contributed by atoms with Crippen molar-refractivity contribution in [3.63, 3.8) is 0 Å². The molecule has 0 fully saturated rings. The number of carbonyl (C=O) groups is 2. The number of hydrogen-bond acceptors (Lipinski definition) is 10. The number of fused-ring (bicyclic) bond motifs is 1. The van der Waals surface area contributed by atoms with Crippen molar-refractivity contribution in [2.24, 2.45) is 7.05 Å². The Morgan fingerprint density at radius 1 is 1.02 bits per heavy atom. The molecule has 0 aliphatic heterocycles. The third kappa shape index (κ3) is 6.02. The lowest BCUT2D eigenvalue weighted by molar-refractivity contribution is 0.0664. The molecule has 0 spiro atoms. The quantitative estimate of drug-likeness (QED) is 0.182. The summed E-state index contributed by atoms with van der Waals surface area (Å²) in [5.41, 5.74) is 3.23. The van der Waals surface area contributed by atoms with Crippen LogP contribution in [0, 0.1) is 6.92 Å². The van der Waals surface area contributed by atoms with Crippen molar-refractivity contribution in [3.8, 4) is 40.2 Å². The van der Waals surface area contributed by atoms with Crippen molar-refractivity contribution in [1.29, 1.82) is 0 Å². The van der Waals surface area contributed by atoms with Crippen molar-refractivity contribution >= 4 is 22.8 Å². The van der Waals surface area contributed by atoms with Crippen LogP contribution < -0.4 is 19.5 Å². The number of hydrogen-bond donors (Lipinski definition) is 2. The van der Waals surface area contributed by atoms with Gasteiger partial charge in [0.2, 0.25) is 11.7 Å². The minimum absolute atomic E-state index is 0.0202. The summed E-state index contributed by atoms with van der Waals surface area (Å²) in [5.74, 6) is -0.786. The second-order valence-corrected chi connectivity index (χ2v) is 10.8. The molecule has 14 heteroatoms. The second-order valence-electron chi connectivity index (χ2n) is 10.8. The molecule has 0 bridgehead atoms. The maximum absolute atomic E-state index is 13.5. The van der Waals surface area contributed by atoms with E-state index in [2.05, 4.69) is 25.5 Å². The molecule has 6 aromatic rings. The van der Waals surface area contributed by atoms with Gasteiger partial charge in [0.1, 0.15) is 40.9 Å². The molecular formula is C34H33N7O7. The topological polar surface area (TPSA) is 169 Å². The van der Waals surface area contributed by atoms with Crippen LogP contribution in [-0.2, 0) is 26.7 Å². The Labute approximate surface area is 274 Å². The van der Waals surface area contributed by atoms with Crippen LogP contribution in [0.25, 0.3) is 33.9 Å². The van der Waals surface area contributed by atoms with E-state index in [0.29, 0.717) is 46.1 Å². The molecule has 246 valence electrons. The lowest BCUT2D eigenvalue weighted by Gasteiger charge is -2.12. The summed E-state index contributed by atoms with van der Waals surface area (Å²) in [6.45, 7) is 4.50. The molecule has 1 amide bonds. The van der Waals surface area contributed by atoms with Crippen molar-refractivity contribution in [3.05, 3.63) is 89.1 Å². The summed E-state index contributed by atoms with van der Waals surface area (Å²) in [7, 11) is 4.80. The first kappa shape index (κ1) is 31.8. The Bertz CT molecular complexity index is 2130. The van der Waals surface area contributed by atoms with Crippen molar-refractivity contribution < 1.29 is 33.3 Å². The SMILES string of the molecule is CCn1nc(C)c(OCc2ccccc2)c1-c1nc(-c2nc(C(=O)NCc3ccc(OC)cc3OC)cc3c2cnn3C)c(C(=O)O)o1. The average molecular weight is 652 g/mol. The first-order chi connectivity index (χ1) is 23.2. The van der Waals surface area contributed by atoms with Gasteiger partial charge in [0, 0.05) is 37.2 Å². The fourth-order valence-electron chi connectivity index (χ4n) is 5.33. The van der Waals surface area contributed by atoms with Crippen LogP contribution >= 0.6 is 0 Å². The molecule has 6 rings (SSSR count). The molecule has 48 heavy (non-hydrogen) atoms.